The predicted molar refractivity (Wildman–Crippen MR) is 73.2 cm³/mol. The topological polar surface area (TPSA) is 23.5 Å². The molecular formula is C15H23F2NO. The molecule has 1 aliphatic rings. The molecule has 0 unspecified atom stereocenters. The third kappa shape index (κ3) is 4.55. The number of benzene rings is 1. The Labute approximate surface area is 114 Å². The molecular weight excluding hydrogens is 248 g/mol. The van der Waals surface area contributed by atoms with E-state index in [4.69, 9.17) is 0 Å². The van der Waals surface area contributed by atoms with Gasteiger partial charge < -0.3 is 10.0 Å². The van der Waals surface area contributed by atoms with Gasteiger partial charge in [-0.15, -0.1) is 0 Å². The molecule has 0 aliphatic carbocycles. The van der Waals surface area contributed by atoms with E-state index in [1.54, 1.807) is 12.1 Å². The van der Waals surface area contributed by atoms with Crippen molar-refractivity contribution in [1.82, 2.24) is 4.90 Å². The van der Waals surface area contributed by atoms with Gasteiger partial charge in [0.1, 0.15) is 5.82 Å². The van der Waals surface area contributed by atoms with E-state index >= 15 is 0 Å². The van der Waals surface area contributed by atoms with Gasteiger partial charge in [0.05, 0.1) is 12.8 Å². The molecule has 0 aromatic heterocycles. The van der Waals surface area contributed by atoms with Crippen molar-refractivity contribution in [3.63, 3.8) is 0 Å². The first-order valence-corrected chi connectivity index (χ1v) is 6.92. The van der Waals surface area contributed by atoms with Crippen LogP contribution in [-0.2, 0) is 0 Å². The van der Waals surface area contributed by atoms with E-state index in [9.17, 15) is 13.9 Å². The Morgan fingerprint density at radius 3 is 2.63 bits per heavy atom. The standard InChI is InChI=1S/C13H17F2NO.C2H6/c14-5-2-6-16-8-11(9-16)13(17)10-3-1-4-12(15)7-10;1-2/h1,3-4,7,11,13,17H,2,5-6,8-9H2;1-2H3/t13-;/m0./s1. The minimum absolute atomic E-state index is 0.136. The molecule has 4 heteroatoms. The summed E-state index contributed by atoms with van der Waals surface area (Å²) in [5.74, 6) is -0.188. The molecule has 108 valence electrons. The van der Waals surface area contributed by atoms with Crippen molar-refractivity contribution < 1.29 is 13.9 Å². The highest BCUT2D eigenvalue weighted by Crippen LogP contribution is 2.30. The van der Waals surface area contributed by atoms with Gasteiger partial charge in [-0.05, 0) is 24.1 Å². The fraction of sp³-hybridized carbons (Fsp3) is 0.600. The molecule has 0 saturated carbocycles. The molecule has 1 aromatic rings. The van der Waals surface area contributed by atoms with Gasteiger partial charge >= 0.3 is 0 Å². The average molecular weight is 271 g/mol. The van der Waals surface area contributed by atoms with Gasteiger partial charge in [-0.3, -0.25) is 4.39 Å². The van der Waals surface area contributed by atoms with Crippen LogP contribution in [0.2, 0.25) is 0 Å². The predicted octanol–water partition coefficient (Wildman–Crippen LogP) is 3.18. The Balaban J connectivity index is 0.000000861. The lowest BCUT2D eigenvalue weighted by molar-refractivity contribution is -0.00621. The number of halogens is 2. The normalized spacial score (nSPS) is 17.3. The molecule has 1 aliphatic heterocycles. The molecule has 1 aromatic carbocycles. The first-order valence-electron chi connectivity index (χ1n) is 6.92. The molecule has 1 saturated heterocycles. The molecule has 1 atom stereocenters. The number of hydrogen-bond donors (Lipinski definition) is 1. The Morgan fingerprint density at radius 2 is 2.05 bits per heavy atom. The summed E-state index contributed by atoms with van der Waals surface area (Å²) in [5.41, 5.74) is 0.625. The van der Waals surface area contributed by atoms with Crippen molar-refractivity contribution in [3.8, 4) is 0 Å². The summed E-state index contributed by atoms with van der Waals surface area (Å²) in [6.07, 6.45) is -0.0738. The van der Waals surface area contributed by atoms with Crippen molar-refractivity contribution in [2.75, 3.05) is 26.3 Å². The Bertz CT molecular complexity index is 367. The lowest BCUT2D eigenvalue weighted by Gasteiger charge is -2.41. The summed E-state index contributed by atoms with van der Waals surface area (Å²) in [4.78, 5) is 2.10. The van der Waals surface area contributed by atoms with E-state index in [2.05, 4.69) is 4.90 Å². The van der Waals surface area contributed by atoms with Gasteiger partial charge in [0.15, 0.2) is 0 Å². The third-order valence-corrected chi connectivity index (χ3v) is 3.23. The fourth-order valence-corrected chi connectivity index (χ4v) is 2.24. The van der Waals surface area contributed by atoms with Crippen molar-refractivity contribution in [2.45, 2.75) is 26.4 Å². The zero-order valence-electron chi connectivity index (χ0n) is 11.6. The third-order valence-electron chi connectivity index (χ3n) is 3.23. The highest BCUT2D eigenvalue weighted by Gasteiger charge is 2.32. The van der Waals surface area contributed by atoms with Gasteiger partial charge in [-0.1, -0.05) is 26.0 Å². The van der Waals surface area contributed by atoms with Gasteiger partial charge in [-0.25, -0.2) is 4.39 Å². The Morgan fingerprint density at radius 1 is 1.37 bits per heavy atom. The number of alkyl halides is 1. The average Bonchev–Trinajstić information content (AvgIpc) is 2.39. The van der Waals surface area contributed by atoms with Crippen molar-refractivity contribution in [2.24, 2.45) is 5.92 Å². The summed E-state index contributed by atoms with van der Waals surface area (Å²) in [7, 11) is 0. The fourth-order valence-electron chi connectivity index (χ4n) is 2.24. The molecule has 19 heavy (non-hydrogen) atoms. The van der Waals surface area contributed by atoms with Crippen LogP contribution >= 0.6 is 0 Å². The van der Waals surface area contributed by atoms with Crippen LogP contribution < -0.4 is 0 Å². The van der Waals surface area contributed by atoms with Crippen LogP contribution in [0.3, 0.4) is 0 Å². The maximum Gasteiger partial charge on any atom is 0.123 e. The highest BCUT2D eigenvalue weighted by molar-refractivity contribution is 5.20. The van der Waals surface area contributed by atoms with Crippen molar-refractivity contribution >= 4 is 0 Å². The van der Waals surface area contributed by atoms with Crippen LogP contribution in [0.25, 0.3) is 0 Å². The second-order valence-electron chi connectivity index (χ2n) is 4.56. The summed E-state index contributed by atoms with van der Waals surface area (Å²) in [6.45, 7) is 5.96. The van der Waals surface area contributed by atoms with Crippen LogP contribution in [0.5, 0.6) is 0 Å². The van der Waals surface area contributed by atoms with Crippen LogP contribution in [0.1, 0.15) is 31.9 Å². The first kappa shape index (κ1) is 16.1. The molecule has 0 amide bonds. The number of hydrogen-bond acceptors (Lipinski definition) is 2. The second kappa shape index (κ2) is 8.23. The minimum Gasteiger partial charge on any atom is -0.388 e. The maximum absolute atomic E-state index is 13.0. The number of nitrogens with zero attached hydrogens (tertiary/aromatic N) is 1. The van der Waals surface area contributed by atoms with E-state index in [-0.39, 0.29) is 18.4 Å². The van der Waals surface area contributed by atoms with Crippen LogP contribution in [0, 0.1) is 11.7 Å². The molecule has 1 N–H and O–H groups in total. The summed E-state index contributed by atoms with van der Waals surface area (Å²) >= 11 is 0. The molecule has 1 fully saturated rings. The van der Waals surface area contributed by atoms with Gasteiger partial charge in [0.25, 0.3) is 0 Å². The highest BCUT2D eigenvalue weighted by atomic mass is 19.1. The zero-order chi connectivity index (χ0) is 14.3. The molecule has 0 radical (unpaired) electrons. The van der Waals surface area contributed by atoms with E-state index in [0.29, 0.717) is 12.0 Å². The van der Waals surface area contributed by atoms with E-state index in [0.717, 1.165) is 19.6 Å². The lowest BCUT2D eigenvalue weighted by atomic mass is 9.89. The summed E-state index contributed by atoms with van der Waals surface area (Å²) < 4.78 is 25.0. The summed E-state index contributed by atoms with van der Waals surface area (Å²) in [5, 5.41) is 10.0. The first-order chi connectivity index (χ1) is 9.20. The van der Waals surface area contributed by atoms with Crippen molar-refractivity contribution in [3.05, 3.63) is 35.6 Å². The number of rotatable bonds is 5. The Kier molecular flexibility index (Phi) is 6.95. The summed E-state index contributed by atoms with van der Waals surface area (Å²) in [6, 6.07) is 6.07. The second-order valence-corrected chi connectivity index (χ2v) is 4.56. The number of aliphatic hydroxyl groups excluding tert-OH is 1. The molecule has 0 bridgehead atoms. The number of likely N-dealkylation sites (tertiary alicyclic amines) is 1. The largest absolute Gasteiger partial charge is 0.388 e. The smallest absolute Gasteiger partial charge is 0.123 e. The van der Waals surface area contributed by atoms with E-state index < -0.39 is 6.10 Å². The maximum atomic E-state index is 13.0. The van der Waals surface area contributed by atoms with E-state index in [1.807, 2.05) is 13.8 Å². The molecule has 2 rings (SSSR count). The van der Waals surface area contributed by atoms with Gasteiger partial charge in [0, 0.05) is 25.6 Å². The number of aliphatic hydroxyl groups is 1. The van der Waals surface area contributed by atoms with E-state index in [1.165, 1.54) is 12.1 Å². The molecule has 1 heterocycles. The minimum atomic E-state index is -0.618. The zero-order valence-corrected chi connectivity index (χ0v) is 11.6. The van der Waals surface area contributed by atoms with Crippen LogP contribution in [-0.4, -0.2) is 36.3 Å². The lowest BCUT2D eigenvalue weighted by Crippen LogP contribution is -2.49. The monoisotopic (exact) mass is 271 g/mol. The molecule has 0 spiro atoms. The van der Waals surface area contributed by atoms with Crippen LogP contribution in [0.4, 0.5) is 8.78 Å². The molecule has 2 nitrogen and oxygen atoms in total. The van der Waals surface area contributed by atoms with Crippen molar-refractivity contribution in [1.29, 1.82) is 0 Å². The van der Waals surface area contributed by atoms with Gasteiger partial charge in [-0.2, -0.15) is 0 Å². The van der Waals surface area contributed by atoms with Gasteiger partial charge in [0.2, 0.25) is 0 Å². The SMILES string of the molecule is CC.O[C@@H](c1cccc(F)c1)C1CN(CCCF)C1. The Hall–Kier alpha value is -1.00. The van der Waals surface area contributed by atoms with Crippen LogP contribution in [0.15, 0.2) is 24.3 Å². The quantitative estimate of drug-likeness (QED) is 0.889.